The molecule has 254 valence electrons. The van der Waals surface area contributed by atoms with E-state index in [9.17, 15) is 10.3 Å². The fraction of sp³-hybridized carbons (Fsp3) is 0.278. The lowest BCUT2D eigenvalue weighted by Crippen LogP contribution is -2.53. The van der Waals surface area contributed by atoms with E-state index in [1.165, 1.54) is 21.3 Å². The number of rotatable bonds is 16. The van der Waals surface area contributed by atoms with Crippen LogP contribution in [0.5, 0.6) is 23.0 Å². The van der Waals surface area contributed by atoms with Crippen molar-refractivity contribution in [1.82, 2.24) is 10.9 Å². The monoisotopic (exact) mass is 666 g/mol. The molecule has 0 saturated carbocycles. The molecule has 0 fully saturated rings. The molecule has 1 amide bonds. The number of aliphatic hydroxyl groups is 1. The van der Waals surface area contributed by atoms with E-state index in [0.29, 0.717) is 52.8 Å². The molecule has 0 spiro atoms. The van der Waals surface area contributed by atoms with Crippen LogP contribution in [0.15, 0.2) is 101 Å². The maximum atomic E-state index is 14.6. The SMILES string of the molecule is COc1cc(CNNC(=O)[C@@]2(Cc3ccccc3)N=C(c3ccc(OCCCO)cc3)O[C@H]2c2ccccc2N=[N+]=[N-])cc(OC)c1OC. The summed E-state index contributed by atoms with van der Waals surface area (Å²) in [6.07, 6.45) is -0.311. The molecule has 4 aromatic rings. The van der Waals surface area contributed by atoms with Crippen LogP contribution in [0.2, 0.25) is 0 Å². The molecule has 2 atom stereocenters. The van der Waals surface area contributed by atoms with Gasteiger partial charge in [-0.2, -0.15) is 0 Å². The average molecular weight is 667 g/mol. The van der Waals surface area contributed by atoms with Crippen LogP contribution in [-0.4, -0.2) is 57.0 Å². The highest BCUT2D eigenvalue weighted by molar-refractivity contribution is 6.01. The van der Waals surface area contributed by atoms with Gasteiger partial charge >= 0.3 is 0 Å². The fourth-order valence-electron chi connectivity index (χ4n) is 5.59. The van der Waals surface area contributed by atoms with Gasteiger partial charge < -0.3 is 28.8 Å². The topological polar surface area (TPSA) is 169 Å². The van der Waals surface area contributed by atoms with Crippen LogP contribution in [0.3, 0.4) is 0 Å². The Morgan fingerprint density at radius 3 is 2.31 bits per heavy atom. The Bertz CT molecular complexity index is 1790. The second-order valence-electron chi connectivity index (χ2n) is 11.0. The Morgan fingerprint density at radius 1 is 0.959 bits per heavy atom. The Balaban J connectivity index is 1.53. The molecule has 4 aromatic carbocycles. The maximum Gasteiger partial charge on any atom is 0.266 e. The van der Waals surface area contributed by atoms with Crippen LogP contribution in [0.4, 0.5) is 5.69 Å². The number of aliphatic hydroxyl groups excluding tert-OH is 1. The highest BCUT2D eigenvalue weighted by Gasteiger charge is 2.54. The second-order valence-corrected chi connectivity index (χ2v) is 11.0. The van der Waals surface area contributed by atoms with Crippen molar-refractivity contribution in [3.8, 4) is 23.0 Å². The van der Waals surface area contributed by atoms with Gasteiger partial charge in [0, 0.05) is 47.7 Å². The van der Waals surface area contributed by atoms with Crippen LogP contribution in [0.25, 0.3) is 10.4 Å². The molecule has 13 nitrogen and oxygen atoms in total. The molecule has 5 rings (SSSR count). The summed E-state index contributed by atoms with van der Waals surface area (Å²) in [5.41, 5.74) is 16.8. The molecule has 49 heavy (non-hydrogen) atoms. The van der Waals surface area contributed by atoms with Crippen LogP contribution in [0, 0.1) is 0 Å². The van der Waals surface area contributed by atoms with E-state index in [1.807, 2.05) is 30.3 Å². The number of azide groups is 1. The number of ether oxygens (including phenoxy) is 5. The van der Waals surface area contributed by atoms with E-state index in [1.54, 1.807) is 60.7 Å². The van der Waals surface area contributed by atoms with Crippen molar-refractivity contribution in [3.63, 3.8) is 0 Å². The number of hydrazine groups is 1. The van der Waals surface area contributed by atoms with Gasteiger partial charge in [0.2, 0.25) is 11.6 Å². The fourth-order valence-corrected chi connectivity index (χ4v) is 5.59. The zero-order valence-electron chi connectivity index (χ0n) is 27.5. The van der Waals surface area contributed by atoms with Gasteiger partial charge in [0.25, 0.3) is 5.91 Å². The molecule has 0 aliphatic carbocycles. The first kappa shape index (κ1) is 34.6. The predicted octanol–water partition coefficient (Wildman–Crippen LogP) is 5.74. The van der Waals surface area contributed by atoms with Gasteiger partial charge in [-0.05, 0) is 53.1 Å². The molecule has 3 N–H and O–H groups in total. The van der Waals surface area contributed by atoms with Crippen LogP contribution in [-0.2, 0) is 22.5 Å². The Hall–Kier alpha value is -5.75. The smallest absolute Gasteiger partial charge is 0.266 e. The van der Waals surface area contributed by atoms with Gasteiger partial charge in [-0.3, -0.25) is 10.2 Å². The van der Waals surface area contributed by atoms with E-state index in [4.69, 9.17) is 33.8 Å². The zero-order valence-corrected chi connectivity index (χ0v) is 27.5. The zero-order chi connectivity index (χ0) is 34.6. The summed E-state index contributed by atoms with van der Waals surface area (Å²) < 4.78 is 28.7. The van der Waals surface area contributed by atoms with Crippen molar-refractivity contribution in [2.45, 2.75) is 31.0 Å². The molecule has 1 aliphatic rings. The van der Waals surface area contributed by atoms with Gasteiger partial charge in [0.15, 0.2) is 23.1 Å². The number of aliphatic imine (C=N–C) groups is 1. The van der Waals surface area contributed by atoms with Crippen LogP contribution in [0.1, 0.15) is 34.8 Å². The summed E-state index contributed by atoms with van der Waals surface area (Å²) in [5.74, 6) is 1.79. The number of carbonyl (C=O) groups is 1. The normalized spacial score (nSPS) is 16.5. The average Bonchev–Trinajstić information content (AvgIpc) is 3.52. The number of carbonyl (C=O) groups excluding carboxylic acids is 1. The lowest BCUT2D eigenvalue weighted by atomic mass is 9.81. The van der Waals surface area contributed by atoms with E-state index in [-0.39, 0.29) is 25.5 Å². The number of amides is 1. The van der Waals surface area contributed by atoms with Gasteiger partial charge in [-0.25, -0.2) is 10.4 Å². The van der Waals surface area contributed by atoms with Crippen molar-refractivity contribution < 1.29 is 33.6 Å². The lowest BCUT2D eigenvalue weighted by molar-refractivity contribution is -0.130. The molecule has 0 unspecified atom stereocenters. The first-order valence-electron chi connectivity index (χ1n) is 15.6. The van der Waals surface area contributed by atoms with E-state index in [0.717, 1.165) is 11.1 Å². The number of benzene rings is 4. The Labute approximate surface area is 284 Å². The van der Waals surface area contributed by atoms with Gasteiger partial charge in [-0.1, -0.05) is 59.7 Å². The highest BCUT2D eigenvalue weighted by atomic mass is 16.5. The van der Waals surface area contributed by atoms with Crippen molar-refractivity contribution in [2.24, 2.45) is 10.1 Å². The lowest BCUT2D eigenvalue weighted by Gasteiger charge is -2.31. The minimum atomic E-state index is -1.55. The van der Waals surface area contributed by atoms with Crippen molar-refractivity contribution in [3.05, 3.63) is 124 Å². The predicted molar refractivity (Wildman–Crippen MR) is 183 cm³/mol. The van der Waals surface area contributed by atoms with Crippen LogP contribution >= 0.6 is 0 Å². The Morgan fingerprint density at radius 2 is 1.65 bits per heavy atom. The third-order valence-corrected chi connectivity index (χ3v) is 7.94. The van der Waals surface area contributed by atoms with E-state index >= 15 is 0 Å². The third-order valence-electron chi connectivity index (χ3n) is 7.94. The second kappa shape index (κ2) is 16.4. The van der Waals surface area contributed by atoms with Crippen molar-refractivity contribution >= 4 is 17.5 Å². The molecule has 0 bridgehead atoms. The standard InChI is InChI=1S/C36H38N6O7/c1-45-30-20-25(21-31(46-2)32(30)47-3)23-38-41-35(44)36(22-24-10-5-4-6-11-24)33(28-12-7-8-13-29(28)40-42-37)49-34(39-36)26-14-16-27(17-15-26)48-19-9-18-43/h4-8,10-17,20-21,33,38,43H,9,18-19,22-23H2,1-3H3,(H,41,44)/t33-,36-/m0/s1. The summed E-state index contributed by atoms with van der Waals surface area (Å²) in [7, 11) is 4.60. The summed E-state index contributed by atoms with van der Waals surface area (Å²) in [6.45, 7) is 0.609. The molecule has 0 radical (unpaired) electrons. The maximum absolute atomic E-state index is 14.6. The largest absolute Gasteiger partial charge is 0.494 e. The highest BCUT2D eigenvalue weighted by Crippen LogP contribution is 2.45. The quantitative estimate of drug-likeness (QED) is 0.0447. The van der Waals surface area contributed by atoms with Gasteiger partial charge in [0.1, 0.15) is 5.75 Å². The number of hydrogen-bond donors (Lipinski definition) is 3. The summed E-state index contributed by atoms with van der Waals surface area (Å²) in [4.78, 5) is 22.6. The number of nitrogens with zero attached hydrogens (tertiary/aromatic N) is 4. The summed E-state index contributed by atoms with van der Waals surface area (Å²) in [6, 6.07) is 27.2. The first-order valence-corrected chi connectivity index (χ1v) is 15.6. The van der Waals surface area contributed by atoms with Crippen molar-refractivity contribution in [1.29, 1.82) is 0 Å². The molecule has 13 heteroatoms. The molecule has 1 heterocycles. The summed E-state index contributed by atoms with van der Waals surface area (Å²) >= 11 is 0. The van der Waals surface area contributed by atoms with Crippen molar-refractivity contribution in [2.75, 3.05) is 34.5 Å². The van der Waals surface area contributed by atoms with E-state index < -0.39 is 17.6 Å². The van der Waals surface area contributed by atoms with Gasteiger partial charge in [-0.15, -0.1) is 0 Å². The number of nitrogens with one attached hydrogen (secondary N) is 2. The molecule has 0 saturated heterocycles. The van der Waals surface area contributed by atoms with Crippen LogP contribution < -0.4 is 29.8 Å². The van der Waals surface area contributed by atoms with Gasteiger partial charge in [0.05, 0.1) is 27.9 Å². The molecule has 1 aliphatic heterocycles. The third kappa shape index (κ3) is 7.87. The molecular formula is C36H38N6O7. The summed E-state index contributed by atoms with van der Waals surface area (Å²) in [5, 5.41) is 13.0. The van der Waals surface area contributed by atoms with E-state index in [2.05, 4.69) is 20.9 Å². The minimum Gasteiger partial charge on any atom is -0.494 e. The Kier molecular flexibility index (Phi) is 11.6. The molecular weight excluding hydrogens is 628 g/mol. The molecule has 0 aromatic heterocycles. The number of methoxy groups -OCH3 is 3. The minimum absolute atomic E-state index is 0.0321. The first-order chi connectivity index (χ1) is 24.0. The number of hydrogen-bond acceptors (Lipinski definition) is 10.